The normalized spacial score (nSPS) is 11.6. The zero-order valence-corrected chi connectivity index (χ0v) is 11.2. The third-order valence-corrected chi connectivity index (χ3v) is 4.99. The van der Waals surface area contributed by atoms with Gasteiger partial charge >= 0.3 is 5.97 Å². The lowest BCUT2D eigenvalue weighted by atomic mass is 10.3. The fourth-order valence-electron chi connectivity index (χ4n) is 1.40. The molecule has 0 atom stereocenters. The molecular formula is C8H9N5O4S2. The van der Waals surface area contributed by atoms with Crippen molar-refractivity contribution in [3.8, 4) is 0 Å². The van der Waals surface area contributed by atoms with Crippen LogP contribution >= 0.6 is 11.3 Å². The molecule has 102 valence electrons. The summed E-state index contributed by atoms with van der Waals surface area (Å²) in [4.78, 5) is 10.5. The Hall–Kier alpha value is -1.85. The third kappa shape index (κ3) is 2.77. The van der Waals surface area contributed by atoms with Crippen LogP contribution in [0.4, 0.5) is 0 Å². The molecule has 0 radical (unpaired) electrons. The number of thiophene rings is 1. The number of aromatic amines is 1. The van der Waals surface area contributed by atoms with Crippen LogP contribution in [-0.4, -0.2) is 40.1 Å². The van der Waals surface area contributed by atoms with Crippen LogP contribution in [0.3, 0.4) is 0 Å². The number of carbonyl (C=O) groups is 1. The number of sulfonamides is 1. The molecule has 0 aliphatic heterocycles. The highest BCUT2D eigenvalue weighted by Crippen LogP contribution is 2.26. The summed E-state index contributed by atoms with van der Waals surface area (Å²) in [7, 11) is -3.94. The van der Waals surface area contributed by atoms with E-state index in [1.807, 2.05) is 0 Å². The first-order chi connectivity index (χ1) is 8.92. The Morgan fingerprint density at radius 1 is 1.58 bits per heavy atom. The van der Waals surface area contributed by atoms with Crippen LogP contribution in [0.5, 0.6) is 0 Å². The van der Waals surface area contributed by atoms with Crippen molar-refractivity contribution in [1.82, 2.24) is 25.3 Å². The molecule has 3 N–H and O–H groups in total. The van der Waals surface area contributed by atoms with Crippen molar-refractivity contribution in [2.45, 2.75) is 18.4 Å². The largest absolute Gasteiger partial charge is 0.477 e. The molecule has 2 heterocycles. The van der Waals surface area contributed by atoms with Crippen LogP contribution < -0.4 is 4.72 Å². The predicted octanol–water partition coefficient (Wildman–Crippen LogP) is -0.254. The highest BCUT2D eigenvalue weighted by atomic mass is 32.2. The number of H-pyrrole nitrogens is 1. The molecule has 0 aliphatic carbocycles. The van der Waals surface area contributed by atoms with E-state index in [0.29, 0.717) is 5.56 Å². The van der Waals surface area contributed by atoms with Crippen molar-refractivity contribution in [3.05, 3.63) is 21.6 Å². The van der Waals surface area contributed by atoms with Crippen molar-refractivity contribution in [3.63, 3.8) is 0 Å². The van der Waals surface area contributed by atoms with Crippen LogP contribution in [0.15, 0.2) is 10.3 Å². The van der Waals surface area contributed by atoms with Crippen molar-refractivity contribution in [2.24, 2.45) is 0 Å². The first-order valence-electron chi connectivity index (χ1n) is 4.95. The topological polar surface area (TPSA) is 138 Å². The first kappa shape index (κ1) is 13.6. The summed E-state index contributed by atoms with van der Waals surface area (Å²) in [5, 5.41) is 23.1. The Morgan fingerprint density at radius 2 is 2.32 bits per heavy atom. The summed E-state index contributed by atoms with van der Waals surface area (Å²) in [5.74, 6) is -1.12. The maximum atomic E-state index is 12.1. The van der Waals surface area contributed by atoms with Crippen LogP contribution in [-0.2, 0) is 16.6 Å². The molecule has 2 aromatic rings. The molecule has 0 unspecified atom stereocenters. The second kappa shape index (κ2) is 5.03. The number of rotatable bonds is 5. The maximum Gasteiger partial charge on any atom is 0.347 e. The number of nitrogens with one attached hydrogen (secondary N) is 2. The van der Waals surface area contributed by atoms with Crippen molar-refractivity contribution >= 4 is 27.3 Å². The maximum absolute atomic E-state index is 12.1. The van der Waals surface area contributed by atoms with Gasteiger partial charge in [-0.05, 0) is 17.9 Å². The Balaban J connectivity index is 2.29. The lowest BCUT2D eigenvalue weighted by Crippen LogP contribution is -2.25. The standard InChI is InChI=1S/C8H9N5O4S2/c1-4-3-18-6(8(14)15)7(4)19(16,17)9-2-5-10-12-13-11-5/h3,9H,2H2,1H3,(H,14,15)(H,10,11,12,13). The van der Waals surface area contributed by atoms with E-state index in [0.717, 1.165) is 11.3 Å². The van der Waals surface area contributed by atoms with Crippen LogP contribution in [0, 0.1) is 6.92 Å². The van der Waals surface area contributed by atoms with Gasteiger partial charge < -0.3 is 5.11 Å². The molecule has 19 heavy (non-hydrogen) atoms. The second-order valence-corrected chi connectivity index (χ2v) is 6.12. The van der Waals surface area contributed by atoms with Crippen LogP contribution in [0.25, 0.3) is 0 Å². The zero-order valence-electron chi connectivity index (χ0n) is 9.61. The lowest BCUT2D eigenvalue weighted by molar-refractivity contribution is 0.0698. The fourth-order valence-corrected chi connectivity index (χ4v) is 4.01. The second-order valence-electron chi connectivity index (χ2n) is 3.53. The van der Waals surface area contributed by atoms with Gasteiger partial charge in [0.1, 0.15) is 9.77 Å². The van der Waals surface area contributed by atoms with E-state index in [1.54, 1.807) is 0 Å². The molecule has 0 aromatic carbocycles. The van der Waals surface area contributed by atoms with Crippen molar-refractivity contribution in [1.29, 1.82) is 0 Å². The molecule has 0 amide bonds. The van der Waals surface area contributed by atoms with E-state index in [9.17, 15) is 13.2 Å². The average molecular weight is 303 g/mol. The molecule has 0 saturated heterocycles. The van der Waals surface area contributed by atoms with Crippen molar-refractivity contribution < 1.29 is 18.3 Å². The quantitative estimate of drug-likeness (QED) is 0.692. The van der Waals surface area contributed by atoms with Gasteiger partial charge in [0.15, 0.2) is 5.82 Å². The minimum atomic E-state index is -3.94. The van der Waals surface area contributed by atoms with Gasteiger partial charge in [0, 0.05) is 0 Å². The molecule has 0 fully saturated rings. The summed E-state index contributed by atoms with van der Waals surface area (Å²) >= 11 is 0.866. The molecule has 2 aromatic heterocycles. The number of carboxylic acids is 1. The van der Waals surface area contributed by atoms with Gasteiger partial charge in [0.05, 0.1) is 6.54 Å². The summed E-state index contributed by atoms with van der Waals surface area (Å²) in [6.07, 6.45) is 0. The van der Waals surface area contributed by atoms with E-state index in [1.165, 1.54) is 12.3 Å². The number of tetrazole rings is 1. The molecule has 2 rings (SSSR count). The number of aromatic carboxylic acids is 1. The zero-order chi connectivity index (χ0) is 14.0. The van der Waals surface area contributed by atoms with Gasteiger partial charge in [-0.2, -0.15) is 5.21 Å². The van der Waals surface area contributed by atoms with E-state index in [4.69, 9.17) is 5.11 Å². The van der Waals surface area contributed by atoms with Gasteiger partial charge in [-0.3, -0.25) is 0 Å². The molecule has 0 aliphatic rings. The van der Waals surface area contributed by atoms with Gasteiger partial charge in [-0.1, -0.05) is 5.21 Å². The summed E-state index contributed by atoms with van der Waals surface area (Å²) in [5.41, 5.74) is 0.378. The van der Waals surface area contributed by atoms with Crippen LogP contribution in [0.1, 0.15) is 21.1 Å². The summed E-state index contributed by atoms with van der Waals surface area (Å²) < 4.78 is 26.4. The van der Waals surface area contributed by atoms with E-state index >= 15 is 0 Å². The Kier molecular flexibility index (Phi) is 3.59. The number of aryl methyl sites for hydroxylation is 1. The van der Waals surface area contributed by atoms with E-state index < -0.39 is 16.0 Å². The predicted molar refractivity (Wildman–Crippen MR) is 64.2 cm³/mol. The van der Waals surface area contributed by atoms with Gasteiger partial charge in [-0.25, -0.2) is 17.9 Å². The Labute approximate surface area is 111 Å². The lowest BCUT2D eigenvalue weighted by Gasteiger charge is -2.05. The minimum absolute atomic E-state index is 0.160. The number of aromatic nitrogens is 4. The molecule has 0 bridgehead atoms. The summed E-state index contributed by atoms with van der Waals surface area (Å²) in [6, 6.07) is 0. The number of hydrogen-bond donors (Lipinski definition) is 3. The third-order valence-electron chi connectivity index (χ3n) is 2.19. The Morgan fingerprint density at radius 3 is 2.89 bits per heavy atom. The van der Waals surface area contributed by atoms with E-state index in [2.05, 4.69) is 25.3 Å². The van der Waals surface area contributed by atoms with Crippen molar-refractivity contribution in [2.75, 3.05) is 0 Å². The van der Waals surface area contributed by atoms with Gasteiger partial charge in [0.25, 0.3) is 0 Å². The van der Waals surface area contributed by atoms with E-state index in [-0.39, 0.29) is 22.1 Å². The SMILES string of the molecule is Cc1csc(C(=O)O)c1S(=O)(=O)NCc1nn[nH]n1. The van der Waals surface area contributed by atoms with Gasteiger partial charge in [0.2, 0.25) is 10.0 Å². The van der Waals surface area contributed by atoms with Crippen LogP contribution in [0.2, 0.25) is 0 Å². The number of carboxylic acid groups (broad SMARTS) is 1. The van der Waals surface area contributed by atoms with Gasteiger partial charge in [-0.15, -0.1) is 21.5 Å². The minimum Gasteiger partial charge on any atom is -0.477 e. The average Bonchev–Trinajstić information content (AvgIpc) is 2.95. The smallest absolute Gasteiger partial charge is 0.347 e. The monoisotopic (exact) mass is 303 g/mol. The molecule has 0 saturated carbocycles. The molecule has 0 spiro atoms. The molecular weight excluding hydrogens is 294 g/mol. The highest BCUT2D eigenvalue weighted by Gasteiger charge is 2.26. The molecule has 9 nitrogen and oxygen atoms in total. The Bertz CT molecular complexity index is 691. The highest BCUT2D eigenvalue weighted by molar-refractivity contribution is 7.89. The first-order valence-corrected chi connectivity index (χ1v) is 7.31. The number of hydrogen-bond acceptors (Lipinski definition) is 7. The fraction of sp³-hybridized carbons (Fsp3) is 0.250. The number of nitrogens with zero attached hydrogens (tertiary/aromatic N) is 3. The molecule has 11 heteroatoms. The summed E-state index contributed by atoms with van der Waals surface area (Å²) in [6.45, 7) is 1.36.